The summed E-state index contributed by atoms with van der Waals surface area (Å²) < 4.78 is 9.94. The molecule has 2 aromatic heterocycles. The lowest BCUT2D eigenvalue weighted by Gasteiger charge is -2.34. The molecule has 39 heavy (non-hydrogen) atoms. The molecule has 6 rings (SSSR count). The van der Waals surface area contributed by atoms with E-state index in [0.717, 1.165) is 16.7 Å². The second-order valence-corrected chi connectivity index (χ2v) is 8.93. The Bertz CT molecular complexity index is 1530. The van der Waals surface area contributed by atoms with Crippen molar-refractivity contribution in [3.63, 3.8) is 0 Å². The SMILES string of the molecule is CCOC(=O)c1cccc2c1C(=O)C(c1cccnc1)C(c1cccnc1)N2.Nc1cccc2c1COC2=O. The van der Waals surface area contributed by atoms with E-state index in [1.807, 2.05) is 18.2 Å². The number of pyridine rings is 2. The smallest absolute Gasteiger partial charge is 0.338 e. The first-order valence-corrected chi connectivity index (χ1v) is 12.4. The summed E-state index contributed by atoms with van der Waals surface area (Å²) in [6.07, 6.45) is 6.79. The molecule has 2 atom stereocenters. The second kappa shape index (κ2) is 11.1. The van der Waals surface area contributed by atoms with E-state index in [4.69, 9.17) is 15.2 Å². The standard InChI is InChI=1S/C22H19N3O3.C8H7NO2/c1-2-28-22(27)16-8-3-9-17-19(16)21(26)18(14-6-4-10-23-12-14)20(25-17)15-7-5-11-24-13-15;9-7-3-1-2-5-6(7)4-11-8(5)10/h3-13,18,20,25H,2H2,1H3;1-3H,4,9H2. The van der Waals surface area contributed by atoms with Crippen LogP contribution in [0.3, 0.4) is 0 Å². The number of carbonyl (C=O) groups is 3. The monoisotopic (exact) mass is 522 g/mol. The predicted molar refractivity (Wildman–Crippen MR) is 144 cm³/mol. The van der Waals surface area contributed by atoms with Crippen LogP contribution in [-0.2, 0) is 16.1 Å². The fourth-order valence-corrected chi connectivity index (χ4v) is 4.79. The Morgan fingerprint density at radius 2 is 1.72 bits per heavy atom. The summed E-state index contributed by atoms with van der Waals surface area (Å²) in [7, 11) is 0. The van der Waals surface area contributed by atoms with Gasteiger partial charge in [-0.2, -0.15) is 0 Å². The molecule has 2 aromatic carbocycles. The van der Waals surface area contributed by atoms with Gasteiger partial charge in [0.15, 0.2) is 5.78 Å². The summed E-state index contributed by atoms with van der Waals surface area (Å²) >= 11 is 0. The molecule has 9 nitrogen and oxygen atoms in total. The number of anilines is 2. The number of ether oxygens (including phenoxy) is 2. The van der Waals surface area contributed by atoms with E-state index in [1.54, 1.807) is 74.2 Å². The number of nitrogens with two attached hydrogens (primary N) is 1. The molecule has 0 saturated carbocycles. The molecule has 4 aromatic rings. The van der Waals surface area contributed by atoms with Gasteiger partial charge in [0.1, 0.15) is 6.61 Å². The van der Waals surface area contributed by atoms with Crippen LogP contribution in [-0.4, -0.2) is 34.3 Å². The number of esters is 2. The first-order valence-electron chi connectivity index (χ1n) is 12.4. The number of benzene rings is 2. The molecule has 0 radical (unpaired) electrons. The molecule has 4 heterocycles. The highest BCUT2D eigenvalue weighted by molar-refractivity contribution is 6.14. The minimum Gasteiger partial charge on any atom is -0.462 e. The van der Waals surface area contributed by atoms with Crippen molar-refractivity contribution in [3.05, 3.63) is 119 Å². The largest absolute Gasteiger partial charge is 0.462 e. The van der Waals surface area contributed by atoms with E-state index < -0.39 is 11.9 Å². The molecular weight excluding hydrogens is 496 g/mol. The van der Waals surface area contributed by atoms with Crippen molar-refractivity contribution in [1.29, 1.82) is 0 Å². The zero-order valence-electron chi connectivity index (χ0n) is 21.2. The topological polar surface area (TPSA) is 134 Å². The van der Waals surface area contributed by atoms with E-state index in [9.17, 15) is 14.4 Å². The van der Waals surface area contributed by atoms with E-state index in [2.05, 4.69) is 15.3 Å². The van der Waals surface area contributed by atoms with Crippen LogP contribution in [0.2, 0.25) is 0 Å². The fourth-order valence-electron chi connectivity index (χ4n) is 4.79. The number of Topliss-reactive ketones (excluding diaryl/α,β-unsaturated/α-hetero) is 1. The Labute approximate surface area is 225 Å². The first kappa shape index (κ1) is 25.6. The quantitative estimate of drug-likeness (QED) is 0.288. The molecule has 0 amide bonds. The van der Waals surface area contributed by atoms with Gasteiger partial charge in [-0.25, -0.2) is 9.59 Å². The molecule has 0 saturated heterocycles. The van der Waals surface area contributed by atoms with Crippen molar-refractivity contribution < 1.29 is 23.9 Å². The lowest BCUT2D eigenvalue weighted by Crippen LogP contribution is -2.33. The number of hydrogen-bond acceptors (Lipinski definition) is 9. The van der Waals surface area contributed by atoms with Crippen LogP contribution in [0.15, 0.2) is 85.5 Å². The van der Waals surface area contributed by atoms with Crippen LogP contribution >= 0.6 is 0 Å². The number of rotatable bonds is 4. The highest BCUT2D eigenvalue weighted by Gasteiger charge is 2.40. The Balaban J connectivity index is 0.000000233. The Kier molecular flexibility index (Phi) is 7.31. The third-order valence-electron chi connectivity index (χ3n) is 6.60. The van der Waals surface area contributed by atoms with Gasteiger partial charge in [0.2, 0.25) is 0 Å². The van der Waals surface area contributed by atoms with Crippen molar-refractivity contribution in [1.82, 2.24) is 9.97 Å². The van der Waals surface area contributed by atoms with Crippen molar-refractivity contribution in [3.8, 4) is 0 Å². The summed E-state index contributed by atoms with van der Waals surface area (Å²) in [6.45, 7) is 2.31. The number of aromatic nitrogens is 2. The van der Waals surface area contributed by atoms with Gasteiger partial charge < -0.3 is 20.5 Å². The molecule has 0 aliphatic carbocycles. The van der Waals surface area contributed by atoms with Gasteiger partial charge >= 0.3 is 11.9 Å². The maximum absolute atomic E-state index is 13.6. The maximum Gasteiger partial charge on any atom is 0.338 e. The molecule has 0 bridgehead atoms. The molecule has 9 heteroatoms. The summed E-state index contributed by atoms with van der Waals surface area (Å²) in [5.74, 6) is -1.45. The predicted octanol–water partition coefficient (Wildman–Crippen LogP) is 4.73. The number of nitrogen functional groups attached to an aromatic ring is 1. The maximum atomic E-state index is 13.6. The van der Waals surface area contributed by atoms with Crippen LogP contribution in [0.5, 0.6) is 0 Å². The van der Waals surface area contributed by atoms with Gasteiger partial charge in [-0.05, 0) is 54.4 Å². The van der Waals surface area contributed by atoms with Crippen LogP contribution in [0.25, 0.3) is 0 Å². The molecule has 2 aliphatic rings. The normalized spacial score (nSPS) is 17.1. The average Bonchev–Trinajstić information content (AvgIpc) is 3.36. The number of ketones is 1. The Morgan fingerprint density at radius 3 is 2.38 bits per heavy atom. The van der Waals surface area contributed by atoms with Crippen molar-refractivity contribution >= 4 is 29.1 Å². The van der Waals surface area contributed by atoms with Gasteiger partial charge in [-0.15, -0.1) is 0 Å². The van der Waals surface area contributed by atoms with Crippen LogP contribution in [0, 0.1) is 0 Å². The van der Waals surface area contributed by atoms with Gasteiger partial charge in [0.05, 0.1) is 35.3 Å². The molecule has 0 fully saturated rings. The molecule has 2 unspecified atom stereocenters. The number of nitrogens with zero attached hydrogens (tertiary/aromatic N) is 2. The minimum absolute atomic E-state index is 0.140. The highest BCUT2D eigenvalue weighted by atomic mass is 16.5. The minimum atomic E-state index is -0.541. The van der Waals surface area contributed by atoms with Crippen LogP contribution < -0.4 is 11.1 Å². The summed E-state index contributed by atoms with van der Waals surface area (Å²) in [6, 6.07) is 17.5. The summed E-state index contributed by atoms with van der Waals surface area (Å²) in [4.78, 5) is 45.4. The zero-order chi connectivity index (χ0) is 27.4. The van der Waals surface area contributed by atoms with Crippen LogP contribution in [0.4, 0.5) is 11.4 Å². The van der Waals surface area contributed by atoms with E-state index in [0.29, 0.717) is 29.1 Å². The number of hydrogen-bond donors (Lipinski definition) is 2. The molecular formula is C30H26N4O5. The van der Waals surface area contributed by atoms with Crippen molar-refractivity contribution in [2.75, 3.05) is 17.7 Å². The van der Waals surface area contributed by atoms with E-state index in [-0.39, 0.29) is 30.0 Å². The highest BCUT2D eigenvalue weighted by Crippen LogP contribution is 2.43. The fraction of sp³-hybridized carbons (Fsp3) is 0.167. The average molecular weight is 523 g/mol. The van der Waals surface area contributed by atoms with Gasteiger partial charge in [-0.1, -0.05) is 24.3 Å². The summed E-state index contributed by atoms with van der Waals surface area (Å²) in [5, 5.41) is 3.43. The van der Waals surface area contributed by atoms with Gasteiger partial charge in [0, 0.05) is 41.7 Å². The van der Waals surface area contributed by atoms with E-state index >= 15 is 0 Å². The summed E-state index contributed by atoms with van der Waals surface area (Å²) in [5.41, 5.74) is 10.6. The first-order chi connectivity index (χ1) is 19.0. The van der Waals surface area contributed by atoms with Crippen molar-refractivity contribution in [2.45, 2.75) is 25.5 Å². The third kappa shape index (κ3) is 5.06. The van der Waals surface area contributed by atoms with Crippen molar-refractivity contribution in [2.24, 2.45) is 0 Å². The lowest BCUT2D eigenvalue weighted by atomic mass is 9.78. The number of fused-ring (bicyclic) bond motifs is 2. The van der Waals surface area contributed by atoms with Gasteiger partial charge in [0.25, 0.3) is 0 Å². The lowest BCUT2D eigenvalue weighted by molar-refractivity contribution is 0.0518. The molecule has 196 valence electrons. The molecule has 2 aliphatic heterocycles. The Morgan fingerprint density at radius 1 is 1.00 bits per heavy atom. The second-order valence-electron chi connectivity index (χ2n) is 8.93. The van der Waals surface area contributed by atoms with Crippen LogP contribution in [0.1, 0.15) is 66.6 Å². The number of nitrogens with one attached hydrogen (secondary N) is 1. The zero-order valence-corrected chi connectivity index (χ0v) is 21.2. The number of cyclic esters (lactones) is 1. The molecule has 3 N–H and O–H groups in total. The molecule has 0 spiro atoms. The Hall–Kier alpha value is -5.05. The third-order valence-corrected chi connectivity index (χ3v) is 6.60. The van der Waals surface area contributed by atoms with E-state index in [1.165, 1.54) is 0 Å². The number of carbonyl (C=O) groups excluding carboxylic acids is 3. The van der Waals surface area contributed by atoms with Gasteiger partial charge in [-0.3, -0.25) is 14.8 Å².